The van der Waals surface area contributed by atoms with E-state index in [9.17, 15) is 24.1 Å². The molecule has 0 aliphatic heterocycles. The molecule has 0 aliphatic carbocycles. The summed E-state index contributed by atoms with van der Waals surface area (Å²) in [5.74, 6) is -1.06. The molecule has 33 heavy (non-hydrogen) atoms. The first kappa shape index (κ1) is 23.2. The van der Waals surface area contributed by atoms with Crippen LogP contribution in [0, 0.1) is 15.9 Å². The Labute approximate surface area is 187 Å². The number of anilines is 1. The van der Waals surface area contributed by atoms with Gasteiger partial charge in [-0.3, -0.25) is 14.9 Å². The third-order valence-corrected chi connectivity index (χ3v) is 4.40. The average molecular weight is 454 g/mol. The number of non-ortho nitro benzene ring substituents is 1. The van der Waals surface area contributed by atoms with Gasteiger partial charge >= 0.3 is 5.97 Å². The number of ether oxygens (including phenoxy) is 3. The summed E-state index contributed by atoms with van der Waals surface area (Å²) in [6.45, 7) is -0.404. The lowest BCUT2D eigenvalue weighted by atomic mass is 10.2. The SMILES string of the molecule is COc1cc(C(=O)OCc2ccc([N+](=O)[O-])cc2)ccc1OCC(=O)Nc1ccc(F)cc1. The average Bonchev–Trinajstić information content (AvgIpc) is 2.82. The van der Waals surface area contributed by atoms with Crippen LogP contribution in [0.4, 0.5) is 15.8 Å². The highest BCUT2D eigenvalue weighted by molar-refractivity contribution is 5.92. The largest absolute Gasteiger partial charge is 0.493 e. The number of nitro groups is 1. The van der Waals surface area contributed by atoms with Gasteiger partial charge < -0.3 is 19.5 Å². The fourth-order valence-corrected chi connectivity index (χ4v) is 2.73. The second-order valence-corrected chi connectivity index (χ2v) is 6.71. The minimum atomic E-state index is -0.632. The molecule has 3 aromatic rings. The molecule has 0 aromatic heterocycles. The number of rotatable bonds is 9. The van der Waals surface area contributed by atoms with Gasteiger partial charge in [0.2, 0.25) is 0 Å². The molecule has 0 heterocycles. The zero-order valence-electron chi connectivity index (χ0n) is 17.4. The van der Waals surface area contributed by atoms with Gasteiger partial charge in [-0.2, -0.15) is 0 Å². The second kappa shape index (κ2) is 10.7. The Morgan fingerprint density at radius 1 is 1.00 bits per heavy atom. The van der Waals surface area contributed by atoms with E-state index in [1.165, 1.54) is 73.8 Å². The maximum atomic E-state index is 12.9. The van der Waals surface area contributed by atoms with E-state index in [1.54, 1.807) is 0 Å². The predicted molar refractivity (Wildman–Crippen MR) is 116 cm³/mol. The standard InChI is InChI=1S/C23H19FN2O7/c1-31-21-12-16(23(28)33-13-15-2-9-19(10-3-15)26(29)30)4-11-20(21)32-14-22(27)25-18-7-5-17(24)6-8-18/h2-12H,13-14H2,1H3,(H,25,27). The number of amides is 1. The fraction of sp³-hybridized carbons (Fsp3) is 0.130. The van der Waals surface area contributed by atoms with E-state index in [-0.39, 0.29) is 36.0 Å². The Balaban J connectivity index is 1.56. The zero-order chi connectivity index (χ0) is 23.8. The number of benzene rings is 3. The van der Waals surface area contributed by atoms with Gasteiger partial charge in [0, 0.05) is 17.8 Å². The van der Waals surface area contributed by atoms with E-state index in [2.05, 4.69) is 5.32 Å². The second-order valence-electron chi connectivity index (χ2n) is 6.71. The molecule has 1 N–H and O–H groups in total. The molecule has 3 rings (SSSR count). The van der Waals surface area contributed by atoms with Crippen LogP contribution in [-0.4, -0.2) is 30.5 Å². The van der Waals surface area contributed by atoms with Gasteiger partial charge in [-0.25, -0.2) is 9.18 Å². The van der Waals surface area contributed by atoms with Gasteiger partial charge in [-0.15, -0.1) is 0 Å². The predicted octanol–water partition coefficient (Wildman–Crippen LogP) is 4.12. The molecular formula is C23H19FN2O7. The van der Waals surface area contributed by atoms with Gasteiger partial charge in [0.25, 0.3) is 11.6 Å². The molecule has 10 heteroatoms. The molecule has 0 fully saturated rings. The fourth-order valence-electron chi connectivity index (χ4n) is 2.73. The highest BCUT2D eigenvalue weighted by Gasteiger charge is 2.14. The van der Waals surface area contributed by atoms with E-state index in [4.69, 9.17) is 14.2 Å². The molecule has 1 amide bonds. The van der Waals surface area contributed by atoms with Crippen molar-refractivity contribution in [3.8, 4) is 11.5 Å². The smallest absolute Gasteiger partial charge is 0.338 e. The van der Waals surface area contributed by atoms with Crippen LogP contribution in [0.5, 0.6) is 11.5 Å². The van der Waals surface area contributed by atoms with Crippen molar-refractivity contribution >= 4 is 23.3 Å². The van der Waals surface area contributed by atoms with Crippen LogP contribution in [0.2, 0.25) is 0 Å². The number of esters is 1. The molecule has 0 atom stereocenters. The molecule has 3 aromatic carbocycles. The van der Waals surface area contributed by atoms with E-state index in [0.29, 0.717) is 11.3 Å². The Bertz CT molecular complexity index is 1150. The molecule has 0 unspecified atom stereocenters. The minimum absolute atomic E-state index is 0.0586. The Morgan fingerprint density at radius 2 is 1.70 bits per heavy atom. The number of hydrogen-bond acceptors (Lipinski definition) is 7. The Morgan fingerprint density at radius 3 is 2.33 bits per heavy atom. The molecule has 9 nitrogen and oxygen atoms in total. The van der Waals surface area contributed by atoms with Gasteiger partial charge in [-0.05, 0) is 60.2 Å². The zero-order valence-corrected chi connectivity index (χ0v) is 17.4. The summed E-state index contributed by atoms with van der Waals surface area (Å²) >= 11 is 0. The quantitative estimate of drug-likeness (QED) is 0.294. The summed E-state index contributed by atoms with van der Waals surface area (Å²) in [6.07, 6.45) is 0. The number of carbonyl (C=O) groups is 2. The van der Waals surface area contributed by atoms with Gasteiger partial charge in [0.05, 0.1) is 17.6 Å². The lowest BCUT2D eigenvalue weighted by Gasteiger charge is -2.12. The monoisotopic (exact) mass is 454 g/mol. The Hall–Kier alpha value is -4.47. The first-order valence-corrected chi connectivity index (χ1v) is 9.62. The van der Waals surface area contributed by atoms with E-state index in [0.717, 1.165) is 0 Å². The number of methoxy groups -OCH3 is 1. The van der Waals surface area contributed by atoms with Crippen molar-refractivity contribution in [2.45, 2.75) is 6.61 Å². The highest BCUT2D eigenvalue weighted by Crippen LogP contribution is 2.28. The van der Waals surface area contributed by atoms with E-state index in [1.807, 2.05) is 0 Å². The lowest BCUT2D eigenvalue weighted by molar-refractivity contribution is -0.384. The normalized spacial score (nSPS) is 10.2. The van der Waals surface area contributed by atoms with Crippen molar-refractivity contribution < 1.29 is 33.1 Å². The van der Waals surface area contributed by atoms with Crippen molar-refractivity contribution in [2.24, 2.45) is 0 Å². The third-order valence-electron chi connectivity index (χ3n) is 4.40. The molecular weight excluding hydrogens is 435 g/mol. The summed E-state index contributed by atoms with van der Waals surface area (Å²) in [5.41, 5.74) is 1.14. The summed E-state index contributed by atoms with van der Waals surface area (Å²) in [4.78, 5) is 34.6. The van der Waals surface area contributed by atoms with E-state index < -0.39 is 22.6 Å². The van der Waals surface area contributed by atoms with Crippen LogP contribution in [0.1, 0.15) is 15.9 Å². The number of carbonyl (C=O) groups excluding carboxylic acids is 2. The van der Waals surface area contributed by atoms with Crippen LogP contribution in [0.25, 0.3) is 0 Å². The Kier molecular flexibility index (Phi) is 7.53. The third kappa shape index (κ3) is 6.50. The highest BCUT2D eigenvalue weighted by atomic mass is 19.1. The first-order chi connectivity index (χ1) is 15.9. The number of nitrogens with one attached hydrogen (secondary N) is 1. The molecule has 0 saturated carbocycles. The van der Waals surface area contributed by atoms with Crippen molar-refractivity contribution in [1.29, 1.82) is 0 Å². The van der Waals surface area contributed by atoms with Crippen LogP contribution in [-0.2, 0) is 16.1 Å². The number of nitrogens with zero attached hydrogens (tertiary/aromatic N) is 1. The molecule has 170 valence electrons. The van der Waals surface area contributed by atoms with Crippen molar-refractivity contribution in [1.82, 2.24) is 0 Å². The van der Waals surface area contributed by atoms with Crippen LogP contribution < -0.4 is 14.8 Å². The molecule has 0 spiro atoms. The molecule has 0 radical (unpaired) electrons. The molecule has 0 saturated heterocycles. The van der Waals surface area contributed by atoms with Crippen molar-refractivity contribution in [2.75, 3.05) is 19.0 Å². The topological polar surface area (TPSA) is 117 Å². The molecule has 0 aliphatic rings. The minimum Gasteiger partial charge on any atom is -0.493 e. The summed E-state index contributed by atoms with van der Waals surface area (Å²) < 4.78 is 28.9. The number of hydrogen-bond donors (Lipinski definition) is 1. The van der Waals surface area contributed by atoms with Gasteiger partial charge in [0.15, 0.2) is 18.1 Å². The van der Waals surface area contributed by atoms with Crippen LogP contribution in [0.3, 0.4) is 0 Å². The molecule has 0 bridgehead atoms. The number of nitro benzene ring substituents is 1. The summed E-state index contributed by atoms with van der Waals surface area (Å²) in [7, 11) is 1.38. The van der Waals surface area contributed by atoms with Crippen LogP contribution >= 0.6 is 0 Å². The maximum Gasteiger partial charge on any atom is 0.338 e. The maximum absolute atomic E-state index is 12.9. The summed E-state index contributed by atoms with van der Waals surface area (Å²) in [6, 6.07) is 15.3. The van der Waals surface area contributed by atoms with E-state index >= 15 is 0 Å². The number of halogens is 1. The van der Waals surface area contributed by atoms with Gasteiger partial charge in [-0.1, -0.05) is 0 Å². The lowest BCUT2D eigenvalue weighted by Crippen LogP contribution is -2.20. The van der Waals surface area contributed by atoms with Gasteiger partial charge in [0.1, 0.15) is 12.4 Å². The van der Waals surface area contributed by atoms with Crippen LogP contribution in [0.15, 0.2) is 66.7 Å². The van der Waals surface area contributed by atoms with Crippen molar-refractivity contribution in [3.63, 3.8) is 0 Å². The summed E-state index contributed by atoms with van der Waals surface area (Å²) in [5, 5.41) is 13.3. The first-order valence-electron chi connectivity index (χ1n) is 9.62. The van der Waals surface area contributed by atoms with Crippen molar-refractivity contribution in [3.05, 3.63) is 93.8 Å².